The number of hydrogen-bond acceptors (Lipinski definition) is 0. The first-order valence-electron chi connectivity index (χ1n) is 22.0. The molecule has 0 nitrogen and oxygen atoms in total. The van der Waals surface area contributed by atoms with Gasteiger partial charge in [0.25, 0.3) is 0 Å². The van der Waals surface area contributed by atoms with Crippen molar-refractivity contribution in [2.45, 2.75) is 169 Å². The predicted molar refractivity (Wildman–Crippen MR) is 243 cm³/mol. The number of benzene rings is 4. The molecule has 4 aromatic rings. The van der Waals surface area contributed by atoms with Gasteiger partial charge in [-0.05, 0) is 58.8 Å². The zero-order valence-corrected chi connectivity index (χ0v) is 41.6. The quantitative estimate of drug-likeness (QED) is 0.0867. The Morgan fingerprint density at radius 1 is 0.690 bits per heavy atom. The normalized spacial score (nSPS) is 13.4. The van der Waals surface area contributed by atoms with Crippen molar-refractivity contribution >= 4 is 3.21 Å². The van der Waals surface area contributed by atoms with E-state index in [1.807, 2.05) is 12.2 Å². The maximum atomic E-state index is 3.95. The van der Waals surface area contributed by atoms with Crippen LogP contribution in [0, 0.1) is 26.0 Å². The van der Waals surface area contributed by atoms with Crippen LogP contribution in [0.5, 0.6) is 0 Å². The average Bonchev–Trinajstić information content (AvgIpc) is 3.90. The molecule has 0 aromatic heterocycles. The molecule has 0 bridgehead atoms. The summed E-state index contributed by atoms with van der Waals surface area (Å²) in [6.45, 7) is 23.6. The molecule has 0 saturated heterocycles. The van der Waals surface area contributed by atoms with E-state index in [2.05, 4.69) is 166 Å². The van der Waals surface area contributed by atoms with E-state index < -0.39 is 0 Å². The van der Waals surface area contributed by atoms with Gasteiger partial charge in [-0.15, -0.1) is 23.1 Å². The third kappa shape index (κ3) is 13.6. The average molecular weight is 895 g/mol. The van der Waals surface area contributed by atoms with Gasteiger partial charge in [0.05, 0.1) is 0 Å². The minimum Gasteiger partial charge on any atom is -1.00 e. The number of allylic oxidation sites excluding steroid dienone is 4. The van der Waals surface area contributed by atoms with E-state index in [0.717, 1.165) is 12.8 Å². The van der Waals surface area contributed by atoms with Crippen LogP contribution in [0.1, 0.15) is 182 Å². The molecule has 0 fully saturated rings. The number of halogens is 2. The van der Waals surface area contributed by atoms with Gasteiger partial charge < -0.3 is 24.8 Å². The van der Waals surface area contributed by atoms with Gasteiger partial charge in [-0.25, -0.2) is 12.2 Å². The van der Waals surface area contributed by atoms with Gasteiger partial charge in [0.1, 0.15) is 0 Å². The van der Waals surface area contributed by atoms with E-state index in [1.54, 1.807) is 27.4 Å². The zero-order valence-electron chi connectivity index (χ0n) is 37.6. The van der Waals surface area contributed by atoms with Crippen molar-refractivity contribution in [2.24, 2.45) is 0 Å². The summed E-state index contributed by atoms with van der Waals surface area (Å²) in [5.41, 5.74) is 14.4. The maximum absolute atomic E-state index is 3.95. The second kappa shape index (κ2) is 25.5. The van der Waals surface area contributed by atoms with Crippen molar-refractivity contribution in [1.29, 1.82) is 0 Å². The largest absolute Gasteiger partial charge is 1.00 e. The van der Waals surface area contributed by atoms with E-state index in [0.29, 0.717) is 11.8 Å². The number of rotatable bonds is 16. The standard InChI is InChI=1S/C41H49.C9H18.C5H5.2ClH.Zr/c1-9-17-37(40(5,6)32-19-13-11-14-20-32)34-27-35-30(25-29(34)4)26-31-23-28(3)24-36(39(31)35)38(18-10-2)41(7,8)33-21-15-12-16-22-33;1-3-5-7-9-8-6-4-2;1-2-4-5-3-1;;;/h11-16,19-24,27,37-38H,9-10,17-18,26H2,1-8H3;3-8H2,1-2H3;1-3H,4H2;2*1H;/q-1;;-1;;;+2/p-2. The smallest absolute Gasteiger partial charge is 0.109 e. The summed E-state index contributed by atoms with van der Waals surface area (Å²) in [4.78, 5) is 0. The van der Waals surface area contributed by atoms with Gasteiger partial charge >= 0.3 is 79.8 Å². The molecule has 0 heterocycles. The second-order valence-electron chi connectivity index (χ2n) is 17.5. The molecule has 4 aromatic carbocycles. The summed E-state index contributed by atoms with van der Waals surface area (Å²) in [5, 5.41) is 0. The minimum absolute atomic E-state index is 0. The first-order valence-corrected chi connectivity index (χ1v) is 23.2. The fourth-order valence-electron chi connectivity index (χ4n) is 9.04. The molecular formula is C55H72Cl2Zr-2. The van der Waals surface area contributed by atoms with Crippen LogP contribution in [0.3, 0.4) is 0 Å². The van der Waals surface area contributed by atoms with Crippen LogP contribution in [-0.2, 0) is 41.5 Å². The molecule has 2 aliphatic rings. The molecule has 58 heavy (non-hydrogen) atoms. The summed E-state index contributed by atoms with van der Waals surface area (Å²) < 4.78 is 1.79. The first kappa shape index (κ1) is 51.8. The zero-order chi connectivity index (χ0) is 40.7. The van der Waals surface area contributed by atoms with Crippen molar-refractivity contribution in [1.82, 2.24) is 0 Å². The van der Waals surface area contributed by atoms with E-state index in [-0.39, 0.29) is 35.6 Å². The molecule has 0 saturated carbocycles. The Hall–Kier alpha value is -2.31. The summed E-state index contributed by atoms with van der Waals surface area (Å²) in [6.07, 6.45) is 24.0. The Balaban J connectivity index is 0.000000576. The van der Waals surface area contributed by atoms with Gasteiger partial charge in [-0.1, -0.05) is 158 Å². The summed E-state index contributed by atoms with van der Waals surface area (Å²) in [5.74, 6) is 0.869. The van der Waals surface area contributed by atoms with Crippen LogP contribution < -0.4 is 24.8 Å². The van der Waals surface area contributed by atoms with Gasteiger partial charge in [-0.3, -0.25) is 6.08 Å². The molecular weight excluding hydrogens is 823 g/mol. The fourth-order valence-corrected chi connectivity index (χ4v) is 9.91. The third-order valence-corrected chi connectivity index (χ3v) is 13.6. The van der Waals surface area contributed by atoms with Crippen molar-refractivity contribution in [3.8, 4) is 11.1 Å². The van der Waals surface area contributed by atoms with Crippen molar-refractivity contribution in [2.75, 3.05) is 0 Å². The number of fused-ring (bicyclic) bond motifs is 3. The SMILES string of the molecule is CCCC(c1cc2c([c-]c1C)Cc1cc(C)cc(C(CCC)C(C)(C)c3ccccc3)c1-2)C(C)(C)c1ccccc1.CCCC[C](=[Zr+2])CCCC.[C-]1=CC=CC1.[Cl-].[Cl-]. The Labute approximate surface area is 383 Å². The van der Waals surface area contributed by atoms with Crippen LogP contribution in [-0.4, -0.2) is 3.21 Å². The summed E-state index contributed by atoms with van der Waals surface area (Å²) >= 11 is 1.67. The summed E-state index contributed by atoms with van der Waals surface area (Å²) in [7, 11) is 0. The maximum Gasteiger partial charge on any atom is -0.109 e. The molecule has 0 amide bonds. The van der Waals surface area contributed by atoms with Crippen LogP contribution in [0.4, 0.5) is 0 Å². The Morgan fingerprint density at radius 3 is 1.64 bits per heavy atom. The van der Waals surface area contributed by atoms with Crippen LogP contribution in [0.2, 0.25) is 0 Å². The van der Waals surface area contributed by atoms with Crippen molar-refractivity contribution < 1.29 is 49.0 Å². The number of unbranched alkanes of at least 4 members (excludes halogenated alkanes) is 2. The van der Waals surface area contributed by atoms with E-state index in [9.17, 15) is 0 Å². The molecule has 312 valence electrons. The van der Waals surface area contributed by atoms with Gasteiger partial charge in [0, 0.05) is 0 Å². The molecule has 0 aliphatic heterocycles. The van der Waals surface area contributed by atoms with Gasteiger partial charge in [0.2, 0.25) is 0 Å². The third-order valence-electron chi connectivity index (χ3n) is 12.4. The fraction of sp³-hybridized carbons (Fsp3) is 0.473. The molecule has 0 N–H and O–H groups in total. The number of aryl methyl sites for hydroxylation is 2. The monoisotopic (exact) mass is 892 g/mol. The molecule has 6 rings (SSSR count). The molecule has 2 atom stereocenters. The first-order chi connectivity index (χ1) is 26.9. The Kier molecular flexibility index (Phi) is 22.8. The van der Waals surface area contributed by atoms with E-state index in [4.69, 9.17) is 0 Å². The second-order valence-corrected chi connectivity index (χ2v) is 19.2. The molecule has 0 spiro atoms. The van der Waals surface area contributed by atoms with Crippen molar-refractivity contribution in [3.05, 3.63) is 154 Å². The number of hydrogen-bond donors (Lipinski definition) is 0. The van der Waals surface area contributed by atoms with E-state index >= 15 is 0 Å². The van der Waals surface area contributed by atoms with Gasteiger partial charge in [-0.2, -0.15) is 23.8 Å². The topological polar surface area (TPSA) is 0 Å². The van der Waals surface area contributed by atoms with Crippen LogP contribution in [0.15, 0.2) is 97.1 Å². The Morgan fingerprint density at radius 2 is 1.21 bits per heavy atom. The van der Waals surface area contributed by atoms with Crippen LogP contribution in [0.25, 0.3) is 11.1 Å². The molecule has 3 heteroatoms. The summed E-state index contributed by atoms with van der Waals surface area (Å²) in [6, 6.07) is 33.8. The minimum atomic E-state index is 0. The molecule has 0 radical (unpaired) electrons. The van der Waals surface area contributed by atoms with Crippen LogP contribution >= 0.6 is 0 Å². The van der Waals surface area contributed by atoms with E-state index in [1.165, 1.54) is 120 Å². The van der Waals surface area contributed by atoms with Crippen molar-refractivity contribution in [3.63, 3.8) is 0 Å². The van der Waals surface area contributed by atoms with Gasteiger partial charge in [0.15, 0.2) is 0 Å². The molecule has 2 unspecified atom stereocenters. The Bertz CT molecular complexity index is 1860. The predicted octanol–water partition coefficient (Wildman–Crippen LogP) is 9.80. The molecule has 2 aliphatic carbocycles.